The van der Waals surface area contributed by atoms with Crippen LogP contribution in [0.1, 0.15) is 32.6 Å². The zero-order valence-corrected chi connectivity index (χ0v) is 14.3. The highest BCUT2D eigenvalue weighted by atomic mass is 32.2. The lowest BCUT2D eigenvalue weighted by Crippen LogP contribution is -2.33. The number of benzene rings is 1. The van der Waals surface area contributed by atoms with E-state index in [1.165, 1.54) is 12.1 Å². The van der Waals surface area contributed by atoms with Crippen LogP contribution in [0.3, 0.4) is 0 Å². The number of amides is 1. The second-order valence-corrected chi connectivity index (χ2v) is 7.59. The first-order valence-corrected chi connectivity index (χ1v) is 9.60. The third-order valence-corrected chi connectivity index (χ3v) is 5.49. The van der Waals surface area contributed by atoms with Gasteiger partial charge in [-0.25, -0.2) is 13.1 Å². The molecule has 0 spiro atoms. The summed E-state index contributed by atoms with van der Waals surface area (Å²) in [7, 11) is -3.49. The van der Waals surface area contributed by atoms with Crippen LogP contribution >= 0.6 is 0 Å². The number of carbonyl (C=O) groups excluding carboxylic acids is 1. The Bertz CT molecular complexity index is 608. The zero-order chi connectivity index (χ0) is 16.7. The predicted octanol–water partition coefficient (Wildman–Crippen LogP) is 1.70. The van der Waals surface area contributed by atoms with Crippen molar-refractivity contribution in [1.29, 1.82) is 0 Å². The summed E-state index contributed by atoms with van der Waals surface area (Å²) in [6.07, 6.45) is 3.54. The lowest BCUT2D eigenvalue weighted by molar-refractivity contribution is -0.115. The first-order valence-electron chi connectivity index (χ1n) is 8.11. The molecule has 6 nitrogen and oxygen atoms in total. The van der Waals surface area contributed by atoms with Crippen molar-refractivity contribution in [3.63, 3.8) is 0 Å². The van der Waals surface area contributed by atoms with Gasteiger partial charge in [-0.3, -0.25) is 4.79 Å². The maximum Gasteiger partial charge on any atom is 0.240 e. The van der Waals surface area contributed by atoms with Gasteiger partial charge in [0.15, 0.2) is 0 Å². The molecule has 1 unspecified atom stereocenters. The van der Waals surface area contributed by atoms with Crippen LogP contribution in [0.15, 0.2) is 29.2 Å². The molecule has 0 aliphatic carbocycles. The van der Waals surface area contributed by atoms with Crippen molar-refractivity contribution in [3.05, 3.63) is 24.3 Å². The van der Waals surface area contributed by atoms with Crippen molar-refractivity contribution in [1.82, 2.24) is 10.0 Å². The number of anilines is 1. The van der Waals surface area contributed by atoms with Gasteiger partial charge in [-0.1, -0.05) is 6.92 Å². The van der Waals surface area contributed by atoms with Crippen molar-refractivity contribution in [3.8, 4) is 0 Å². The number of hydrogen-bond donors (Lipinski definition) is 3. The summed E-state index contributed by atoms with van der Waals surface area (Å²) >= 11 is 0. The molecule has 1 aromatic rings. The Hall–Kier alpha value is -1.44. The van der Waals surface area contributed by atoms with Crippen molar-refractivity contribution in [2.24, 2.45) is 5.92 Å². The van der Waals surface area contributed by atoms with E-state index in [-0.39, 0.29) is 10.8 Å². The standard InChI is InChI=1S/C16H25N3O3S/c1-2-16(20)19-14-5-7-15(8-6-14)23(21,22)18-11-9-13-4-3-10-17-12-13/h5-8,13,17-18H,2-4,9-12H2,1H3,(H,19,20). The number of nitrogens with one attached hydrogen (secondary N) is 3. The van der Waals surface area contributed by atoms with Crippen molar-refractivity contribution in [2.45, 2.75) is 37.5 Å². The average Bonchev–Trinajstić information content (AvgIpc) is 2.56. The molecule has 128 valence electrons. The van der Waals surface area contributed by atoms with Crippen LogP contribution in [0.4, 0.5) is 5.69 Å². The smallest absolute Gasteiger partial charge is 0.240 e. The Morgan fingerprint density at radius 3 is 2.65 bits per heavy atom. The lowest BCUT2D eigenvalue weighted by Gasteiger charge is -2.22. The van der Waals surface area contributed by atoms with Gasteiger partial charge in [0.25, 0.3) is 0 Å². The summed E-state index contributed by atoms with van der Waals surface area (Å²) in [6, 6.07) is 6.23. The molecule has 0 saturated carbocycles. The van der Waals surface area contributed by atoms with Crippen LogP contribution in [-0.2, 0) is 14.8 Å². The van der Waals surface area contributed by atoms with E-state index in [0.29, 0.717) is 24.6 Å². The van der Waals surface area contributed by atoms with Gasteiger partial charge in [0.1, 0.15) is 0 Å². The average molecular weight is 339 g/mol. The number of rotatable bonds is 7. The maximum atomic E-state index is 12.2. The molecule has 0 aromatic heterocycles. The number of piperidine rings is 1. The lowest BCUT2D eigenvalue weighted by atomic mass is 9.96. The van der Waals surface area contributed by atoms with Gasteiger partial charge < -0.3 is 10.6 Å². The van der Waals surface area contributed by atoms with E-state index in [1.54, 1.807) is 19.1 Å². The fourth-order valence-electron chi connectivity index (χ4n) is 2.62. The van der Waals surface area contributed by atoms with Gasteiger partial charge in [0.05, 0.1) is 4.90 Å². The SMILES string of the molecule is CCC(=O)Nc1ccc(S(=O)(=O)NCCC2CCCNC2)cc1. The van der Waals surface area contributed by atoms with Gasteiger partial charge in [-0.2, -0.15) is 0 Å². The van der Waals surface area contributed by atoms with E-state index in [0.717, 1.165) is 32.4 Å². The second kappa shape index (κ2) is 8.42. The van der Waals surface area contributed by atoms with E-state index in [9.17, 15) is 13.2 Å². The van der Waals surface area contributed by atoms with E-state index in [4.69, 9.17) is 0 Å². The van der Waals surface area contributed by atoms with Crippen LogP contribution in [0.25, 0.3) is 0 Å². The Morgan fingerprint density at radius 1 is 1.30 bits per heavy atom. The van der Waals surface area contributed by atoms with Crippen LogP contribution in [0.2, 0.25) is 0 Å². The van der Waals surface area contributed by atoms with Gasteiger partial charge in [0, 0.05) is 18.7 Å². The van der Waals surface area contributed by atoms with E-state index < -0.39 is 10.0 Å². The topological polar surface area (TPSA) is 87.3 Å². The van der Waals surface area contributed by atoms with Crippen LogP contribution in [0, 0.1) is 5.92 Å². The minimum atomic E-state index is -3.49. The summed E-state index contributed by atoms with van der Waals surface area (Å²) < 4.78 is 27.1. The fourth-order valence-corrected chi connectivity index (χ4v) is 3.67. The quantitative estimate of drug-likeness (QED) is 0.706. The van der Waals surface area contributed by atoms with Gasteiger partial charge in [-0.05, 0) is 62.5 Å². The predicted molar refractivity (Wildman–Crippen MR) is 90.8 cm³/mol. The normalized spacial score (nSPS) is 18.6. The molecule has 0 bridgehead atoms. The molecule has 2 rings (SSSR count). The highest BCUT2D eigenvalue weighted by Crippen LogP contribution is 2.16. The zero-order valence-electron chi connectivity index (χ0n) is 13.5. The molecule has 1 aliphatic heterocycles. The largest absolute Gasteiger partial charge is 0.326 e. The molecule has 0 radical (unpaired) electrons. The number of carbonyl (C=O) groups is 1. The Balaban J connectivity index is 1.87. The van der Waals surface area contributed by atoms with E-state index in [2.05, 4.69) is 15.4 Å². The second-order valence-electron chi connectivity index (χ2n) is 5.82. The molecular formula is C16H25N3O3S. The third kappa shape index (κ3) is 5.60. The summed E-state index contributed by atoms with van der Waals surface area (Å²) in [5, 5.41) is 6.02. The monoisotopic (exact) mass is 339 g/mol. The first-order chi connectivity index (χ1) is 11.0. The molecule has 1 amide bonds. The fraction of sp³-hybridized carbons (Fsp3) is 0.562. The third-order valence-electron chi connectivity index (χ3n) is 4.01. The molecule has 3 N–H and O–H groups in total. The Labute approximate surface area is 138 Å². The molecular weight excluding hydrogens is 314 g/mol. The summed E-state index contributed by atoms with van der Waals surface area (Å²) in [4.78, 5) is 11.5. The van der Waals surface area contributed by atoms with Gasteiger partial charge in [-0.15, -0.1) is 0 Å². The molecule has 23 heavy (non-hydrogen) atoms. The maximum absolute atomic E-state index is 12.2. The van der Waals surface area contributed by atoms with Gasteiger partial charge >= 0.3 is 0 Å². The number of hydrogen-bond acceptors (Lipinski definition) is 4. The minimum Gasteiger partial charge on any atom is -0.326 e. The molecule has 1 aromatic carbocycles. The van der Waals surface area contributed by atoms with Crippen molar-refractivity contribution < 1.29 is 13.2 Å². The van der Waals surface area contributed by atoms with E-state index in [1.807, 2.05) is 0 Å². The molecule has 1 heterocycles. The first kappa shape index (κ1) is 17.9. The Morgan fingerprint density at radius 2 is 2.04 bits per heavy atom. The van der Waals surface area contributed by atoms with Crippen LogP contribution in [-0.4, -0.2) is 34.0 Å². The molecule has 1 aliphatic rings. The van der Waals surface area contributed by atoms with Gasteiger partial charge in [0.2, 0.25) is 15.9 Å². The number of sulfonamides is 1. The Kier molecular flexibility index (Phi) is 6.56. The summed E-state index contributed by atoms with van der Waals surface area (Å²) in [6.45, 7) is 4.24. The molecule has 7 heteroatoms. The molecule has 1 saturated heterocycles. The van der Waals surface area contributed by atoms with Crippen molar-refractivity contribution in [2.75, 3.05) is 25.0 Å². The summed E-state index contributed by atoms with van der Waals surface area (Å²) in [5.74, 6) is 0.443. The van der Waals surface area contributed by atoms with Crippen LogP contribution < -0.4 is 15.4 Å². The van der Waals surface area contributed by atoms with Crippen LogP contribution in [0.5, 0.6) is 0 Å². The highest BCUT2D eigenvalue weighted by Gasteiger charge is 2.16. The van der Waals surface area contributed by atoms with Crippen molar-refractivity contribution >= 4 is 21.6 Å². The van der Waals surface area contributed by atoms with E-state index >= 15 is 0 Å². The highest BCUT2D eigenvalue weighted by molar-refractivity contribution is 7.89. The molecule has 1 atom stereocenters. The minimum absolute atomic E-state index is 0.0974. The molecule has 1 fully saturated rings. The summed E-state index contributed by atoms with van der Waals surface area (Å²) in [5.41, 5.74) is 0.601.